The molecule has 0 atom stereocenters. The first kappa shape index (κ1) is 20.4. The van der Waals surface area contributed by atoms with Crippen LogP contribution >= 0.6 is 22.6 Å². The van der Waals surface area contributed by atoms with Crippen molar-refractivity contribution in [2.24, 2.45) is 0 Å². The number of anilines is 1. The molecule has 0 bridgehead atoms. The third-order valence-corrected chi connectivity index (χ3v) is 5.90. The van der Waals surface area contributed by atoms with E-state index in [-0.39, 0.29) is 18.3 Å². The second kappa shape index (κ2) is 9.29. The van der Waals surface area contributed by atoms with E-state index in [1.54, 1.807) is 7.05 Å². The number of morpholine rings is 1. The van der Waals surface area contributed by atoms with E-state index < -0.39 is 0 Å². The van der Waals surface area contributed by atoms with Crippen molar-refractivity contribution in [3.63, 3.8) is 0 Å². The van der Waals surface area contributed by atoms with Gasteiger partial charge in [-0.25, -0.2) is 4.79 Å². The lowest BCUT2D eigenvalue weighted by Gasteiger charge is -2.30. The molecule has 9 heteroatoms. The van der Waals surface area contributed by atoms with Crippen molar-refractivity contribution in [3.05, 3.63) is 21.9 Å². The Kier molecular flexibility index (Phi) is 6.53. The number of ether oxygens (including phenoxy) is 3. The van der Waals surface area contributed by atoms with Crippen molar-refractivity contribution >= 4 is 45.4 Å². The highest BCUT2D eigenvalue weighted by Gasteiger charge is 2.26. The molecule has 1 saturated carbocycles. The Bertz CT molecular complexity index is 867. The topological polar surface area (TPSA) is 85.8 Å². The van der Waals surface area contributed by atoms with Gasteiger partial charge < -0.3 is 24.4 Å². The van der Waals surface area contributed by atoms with Crippen molar-refractivity contribution < 1.29 is 19.0 Å². The van der Waals surface area contributed by atoms with E-state index in [2.05, 4.69) is 43.9 Å². The van der Waals surface area contributed by atoms with Gasteiger partial charge in [-0.1, -0.05) is 0 Å². The second-order valence-corrected chi connectivity index (χ2v) is 8.52. The van der Waals surface area contributed by atoms with Gasteiger partial charge in [-0.05, 0) is 54.3 Å². The van der Waals surface area contributed by atoms with Gasteiger partial charge in [-0.15, -0.1) is 0 Å². The molecule has 1 N–H and O–H groups in total. The smallest absolute Gasteiger partial charge is 0.407 e. The number of pyridine rings is 2. The van der Waals surface area contributed by atoms with Gasteiger partial charge in [0.25, 0.3) is 0 Å². The molecule has 0 spiro atoms. The molecule has 2 aromatic heterocycles. The number of halogens is 1. The summed E-state index contributed by atoms with van der Waals surface area (Å²) in [6.07, 6.45) is 4.70. The van der Waals surface area contributed by atoms with Crippen LogP contribution in [0.25, 0.3) is 10.9 Å². The lowest BCUT2D eigenvalue weighted by atomic mass is 9.95. The van der Waals surface area contributed by atoms with E-state index in [9.17, 15) is 4.79 Å². The van der Waals surface area contributed by atoms with Crippen LogP contribution in [-0.4, -0.2) is 61.6 Å². The predicted molar refractivity (Wildman–Crippen MR) is 117 cm³/mol. The average Bonchev–Trinajstić information content (AvgIpc) is 2.75. The van der Waals surface area contributed by atoms with Gasteiger partial charge in [0.05, 0.1) is 24.1 Å². The molecule has 1 amide bonds. The zero-order valence-electron chi connectivity index (χ0n) is 16.4. The summed E-state index contributed by atoms with van der Waals surface area (Å²) >= 11 is 2.26. The summed E-state index contributed by atoms with van der Waals surface area (Å²) in [4.78, 5) is 23.1. The fourth-order valence-electron chi connectivity index (χ4n) is 3.74. The second-order valence-electron chi connectivity index (χ2n) is 7.28. The van der Waals surface area contributed by atoms with Gasteiger partial charge in [0, 0.05) is 36.0 Å². The van der Waals surface area contributed by atoms with Crippen LogP contribution in [0.15, 0.2) is 18.3 Å². The number of hydrogen-bond acceptors (Lipinski definition) is 7. The Hall–Kier alpha value is -1.88. The first-order valence-electron chi connectivity index (χ1n) is 9.96. The summed E-state index contributed by atoms with van der Waals surface area (Å²) in [6, 6.07) is 4.09. The SMILES string of the molecule is CNC(=O)OC1CCC(Oc2nc(N3CCOCC3)cc3ncc(I)cc23)CC1. The molecule has 29 heavy (non-hydrogen) atoms. The van der Waals surface area contributed by atoms with Crippen LogP contribution in [0.5, 0.6) is 5.88 Å². The van der Waals surface area contributed by atoms with Crippen LogP contribution in [0.3, 0.4) is 0 Å². The van der Waals surface area contributed by atoms with Crippen LogP contribution < -0.4 is 15.0 Å². The lowest BCUT2D eigenvalue weighted by Crippen LogP contribution is -2.37. The molecular weight excluding hydrogens is 487 g/mol. The monoisotopic (exact) mass is 512 g/mol. The maximum absolute atomic E-state index is 11.4. The van der Waals surface area contributed by atoms with Crippen LogP contribution in [-0.2, 0) is 9.47 Å². The van der Waals surface area contributed by atoms with E-state index in [0.29, 0.717) is 19.1 Å². The minimum absolute atomic E-state index is 0.0491. The first-order valence-corrected chi connectivity index (χ1v) is 11.0. The summed E-state index contributed by atoms with van der Waals surface area (Å²) in [5, 5.41) is 3.43. The number of aromatic nitrogens is 2. The Balaban J connectivity index is 1.52. The zero-order valence-corrected chi connectivity index (χ0v) is 18.6. The molecule has 1 aliphatic heterocycles. The molecule has 0 aromatic carbocycles. The van der Waals surface area contributed by atoms with Gasteiger partial charge in [-0.2, -0.15) is 4.98 Å². The fourth-order valence-corrected chi connectivity index (χ4v) is 4.19. The van der Waals surface area contributed by atoms with E-state index in [0.717, 1.165) is 59.1 Å². The number of nitrogens with zero attached hydrogens (tertiary/aromatic N) is 3. The molecule has 0 radical (unpaired) electrons. The van der Waals surface area contributed by atoms with Crippen molar-refractivity contribution in [1.82, 2.24) is 15.3 Å². The van der Waals surface area contributed by atoms with Gasteiger partial charge in [0.2, 0.25) is 5.88 Å². The standard InChI is InChI=1S/C20H25IN4O4/c1-22-20(26)29-15-4-2-14(3-5-15)28-19-16-10-13(21)12-23-17(16)11-18(24-19)25-6-8-27-9-7-25/h10-12,14-15H,2-9H2,1H3,(H,22,26). The molecule has 2 aliphatic rings. The van der Waals surface area contributed by atoms with E-state index in [1.165, 1.54) is 0 Å². The number of carbonyl (C=O) groups is 1. The van der Waals surface area contributed by atoms with Crippen LogP contribution in [0.4, 0.5) is 10.6 Å². The molecular formula is C20H25IN4O4. The highest BCUT2D eigenvalue weighted by molar-refractivity contribution is 14.1. The fraction of sp³-hybridized carbons (Fsp3) is 0.550. The number of hydrogen-bond donors (Lipinski definition) is 1. The van der Waals surface area contributed by atoms with Crippen molar-refractivity contribution in [3.8, 4) is 5.88 Å². The molecule has 2 aromatic rings. The molecule has 1 saturated heterocycles. The maximum atomic E-state index is 11.4. The number of fused-ring (bicyclic) bond motifs is 1. The number of rotatable bonds is 4. The molecule has 8 nitrogen and oxygen atoms in total. The summed E-state index contributed by atoms with van der Waals surface area (Å²) in [6.45, 7) is 3.02. The molecule has 2 fully saturated rings. The minimum Gasteiger partial charge on any atom is -0.474 e. The highest BCUT2D eigenvalue weighted by atomic mass is 127. The van der Waals surface area contributed by atoms with Crippen molar-refractivity contribution in [1.29, 1.82) is 0 Å². The molecule has 1 aliphatic carbocycles. The Labute approximate surface area is 183 Å². The van der Waals surface area contributed by atoms with E-state index >= 15 is 0 Å². The molecule has 4 rings (SSSR count). The van der Waals surface area contributed by atoms with Crippen LogP contribution in [0, 0.1) is 3.57 Å². The average molecular weight is 512 g/mol. The third kappa shape index (κ3) is 5.00. The van der Waals surface area contributed by atoms with Crippen molar-refractivity contribution in [2.45, 2.75) is 37.9 Å². The highest BCUT2D eigenvalue weighted by Crippen LogP contribution is 2.32. The number of carbonyl (C=O) groups excluding carboxylic acids is 1. The quantitative estimate of drug-likeness (QED) is 0.631. The molecule has 156 valence electrons. The van der Waals surface area contributed by atoms with Crippen molar-refractivity contribution in [2.75, 3.05) is 38.3 Å². The Morgan fingerprint density at radius 1 is 1.21 bits per heavy atom. The molecule has 0 unspecified atom stereocenters. The van der Waals surface area contributed by atoms with Gasteiger partial charge in [-0.3, -0.25) is 4.98 Å². The predicted octanol–water partition coefficient (Wildman–Crippen LogP) is 3.12. The van der Waals surface area contributed by atoms with Crippen LogP contribution in [0.2, 0.25) is 0 Å². The third-order valence-electron chi connectivity index (χ3n) is 5.31. The Morgan fingerprint density at radius 3 is 2.66 bits per heavy atom. The first-order chi connectivity index (χ1) is 14.1. The van der Waals surface area contributed by atoms with E-state index in [4.69, 9.17) is 19.2 Å². The lowest BCUT2D eigenvalue weighted by molar-refractivity contribution is 0.0425. The largest absolute Gasteiger partial charge is 0.474 e. The summed E-state index contributed by atoms with van der Waals surface area (Å²) in [7, 11) is 1.57. The zero-order chi connectivity index (χ0) is 20.2. The summed E-state index contributed by atoms with van der Waals surface area (Å²) in [5.41, 5.74) is 0.883. The Morgan fingerprint density at radius 2 is 1.93 bits per heavy atom. The number of amides is 1. The maximum Gasteiger partial charge on any atom is 0.407 e. The van der Waals surface area contributed by atoms with E-state index in [1.807, 2.05) is 12.3 Å². The number of alkyl carbamates (subject to hydrolysis) is 1. The van der Waals surface area contributed by atoms with Gasteiger partial charge in [0.1, 0.15) is 18.0 Å². The summed E-state index contributed by atoms with van der Waals surface area (Å²) < 4.78 is 18.2. The normalized spacial score (nSPS) is 22.3. The minimum atomic E-state index is -0.374. The van der Waals surface area contributed by atoms with Gasteiger partial charge >= 0.3 is 6.09 Å². The van der Waals surface area contributed by atoms with Crippen LogP contribution in [0.1, 0.15) is 25.7 Å². The summed E-state index contributed by atoms with van der Waals surface area (Å²) in [5.74, 6) is 1.51. The molecule has 3 heterocycles. The van der Waals surface area contributed by atoms with Gasteiger partial charge in [0.15, 0.2) is 0 Å². The number of nitrogens with one attached hydrogen (secondary N) is 1.